The quantitative estimate of drug-likeness (QED) is 0.443. The highest BCUT2D eigenvalue weighted by molar-refractivity contribution is 5.76. The fraction of sp³-hybridized carbons (Fsp3) is 0.714. The molecule has 1 unspecified atom stereocenters. The van der Waals surface area contributed by atoms with Crippen LogP contribution in [0, 0.1) is 0 Å². The first-order valence-electron chi connectivity index (χ1n) is 4.02. The maximum Gasteiger partial charge on any atom is 0.509 e. The van der Waals surface area contributed by atoms with Crippen LogP contribution in [0.3, 0.4) is 0 Å². The SMILES string of the molecule is NCOC(=O)OC1CCC(=O)NC1. The van der Waals surface area contributed by atoms with E-state index in [0.29, 0.717) is 19.4 Å². The highest BCUT2D eigenvalue weighted by Gasteiger charge is 2.21. The van der Waals surface area contributed by atoms with E-state index in [2.05, 4.69) is 10.1 Å². The summed E-state index contributed by atoms with van der Waals surface area (Å²) >= 11 is 0. The molecule has 0 aromatic carbocycles. The smallest absolute Gasteiger partial charge is 0.429 e. The van der Waals surface area contributed by atoms with Crippen molar-refractivity contribution < 1.29 is 19.1 Å². The minimum Gasteiger partial charge on any atom is -0.429 e. The van der Waals surface area contributed by atoms with Crippen molar-refractivity contribution in [1.29, 1.82) is 0 Å². The molecule has 0 radical (unpaired) electrons. The zero-order valence-corrected chi connectivity index (χ0v) is 7.12. The van der Waals surface area contributed by atoms with Gasteiger partial charge in [-0.15, -0.1) is 0 Å². The van der Waals surface area contributed by atoms with Gasteiger partial charge >= 0.3 is 6.16 Å². The number of nitrogens with one attached hydrogen (secondary N) is 1. The maximum atomic E-state index is 10.8. The van der Waals surface area contributed by atoms with E-state index in [1.807, 2.05) is 0 Å². The number of hydrogen-bond donors (Lipinski definition) is 2. The summed E-state index contributed by atoms with van der Waals surface area (Å²) in [5, 5.41) is 2.58. The van der Waals surface area contributed by atoms with E-state index in [-0.39, 0.29) is 18.7 Å². The van der Waals surface area contributed by atoms with Gasteiger partial charge in [-0.25, -0.2) is 4.79 Å². The highest BCUT2D eigenvalue weighted by atomic mass is 16.7. The molecule has 0 saturated carbocycles. The highest BCUT2D eigenvalue weighted by Crippen LogP contribution is 2.07. The van der Waals surface area contributed by atoms with Crippen LogP contribution in [0.5, 0.6) is 0 Å². The van der Waals surface area contributed by atoms with Crippen molar-refractivity contribution in [1.82, 2.24) is 5.32 Å². The van der Waals surface area contributed by atoms with Gasteiger partial charge < -0.3 is 14.8 Å². The van der Waals surface area contributed by atoms with Crippen molar-refractivity contribution in [3.63, 3.8) is 0 Å². The number of amides is 1. The number of piperidine rings is 1. The second kappa shape index (κ2) is 4.66. The van der Waals surface area contributed by atoms with E-state index < -0.39 is 6.16 Å². The normalized spacial score (nSPS) is 21.9. The number of rotatable bonds is 2. The van der Waals surface area contributed by atoms with Gasteiger partial charge in [0.1, 0.15) is 12.8 Å². The minimum absolute atomic E-state index is 0.0213. The summed E-state index contributed by atoms with van der Waals surface area (Å²) in [6.07, 6.45) is -0.174. The van der Waals surface area contributed by atoms with Crippen molar-refractivity contribution in [3.8, 4) is 0 Å². The molecule has 74 valence electrons. The molecule has 1 rings (SSSR count). The van der Waals surface area contributed by atoms with Crippen LogP contribution in [0.15, 0.2) is 0 Å². The van der Waals surface area contributed by atoms with Crippen LogP contribution < -0.4 is 11.1 Å². The largest absolute Gasteiger partial charge is 0.509 e. The Bertz CT molecular complexity index is 197. The van der Waals surface area contributed by atoms with Crippen molar-refractivity contribution in [3.05, 3.63) is 0 Å². The summed E-state index contributed by atoms with van der Waals surface area (Å²) in [7, 11) is 0. The molecule has 1 aliphatic rings. The lowest BCUT2D eigenvalue weighted by Gasteiger charge is -2.21. The molecule has 0 aromatic rings. The van der Waals surface area contributed by atoms with Gasteiger partial charge in [0.25, 0.3) is 0 Å². The molecule has 3 N–H and O–H groups in total. The Kier molecular flexibility index (Phi) is 3.51. The number of carbonyl (C=O) groups is 2. The van der Waals surface area contributed by atoms with Crippen molar-refractivity contribution in [2.24, 2.45) is 5.73 Å². The maximum absolute atomic E-state index is 10.8. The monoisotopic (exact) mass is 188 g/mol. The number of nitrogens with two attached hydrogens (primary N) is 1. The van der Waals surface area contributed by atoms with Crippen molar-refractivity contribution in [2.45, 2.75) is 18.9 Å². The van der Waals surface area contributed by atoms with Gasteiger partial charge in [-0.2, -0.15) is 0 Å². The molecule has 0 bridgehead atoms. The second-order valence-electron chi connectivity index (χ2n) is 2.64. The average Bonchev–Trinajstić information content (AvgIpc) is 2.09. The first kappa shape index (κ1) is 9.79. The van der Waals surface area contributed by atoms with Gasteiger partial charge in [-0.3, -0.25) is 10.5 Å². The molecule has 1 fully saturated rings. The van der Waals surface area contributed by atoms with Crippen LogP contribution in [-0.2, 0) is 14.3 Å². The lowest BCUT2D eigenvalue weighted by Crippen LogP contribution is -2.40. The third-order valence-corrected chi connectivity index (χ3v) is 1.68. The standard InChI is InChI=1S/C7H12N2O4/c8-4-12-7(11)13-5-1-2-6(10)9-3-5/h5H,1-4,8H2,(H,9,10). The lowest BCUT2D eigenvalue weighted by atomic mass is 10.1. The van der Waals surface area contributed by atoms with E-state index in [0.717, 1.165) is 0 Å². The molecule has 6 heteroatoms. The summed E-state index contributed by atoms with van der Waals surface area (Å²) in [6, 6.07) is 0. The Morgan fingerprint density at radius 1 is 1.69 bits per heavy atom. The van der Waals surface area contributed by atoms with Crippen LogP contribution >= 0.6 is 0 Å². The molecule has 1 aliphatic heterocycles. The molecule has 0 spiro atoms. The summed E-state index contributed by atoms with van der Waals surface area (Å²) in [5.74, 6) is -0.0213. The summed E-state index contributed by atoms with van der Waals surface area (Å²) < 4.78 is 9.20. The van der Waals surface area contributed by atoms with Crippen molar-refractivity contribution in [2.75, 3.05) is 13.3 Å². The van der Waals surface area contributed by atoms with Crippen LogP contribution in [-0.4, -0.2) is 31.4 Å². The van der Waals surface area contributed by atoms with Gasteiger partial charge in [-0.1, -0.05) is 0 Å². The van der Waals surface area contributed by atoms with E-state index in [4.69, 9.17) is 10.5 Å². The van der Waals surface area contributed by atoms with Crippen LogP contribution in [0.25, 0.3) is 0 Å². The Labute approximate surface area is 75.4 Å². The molecule has 6 nitrogen and oxygen atoms in total. The second-order valence-corrected chi connectivity index (χ2v) is 2.64. The molecular weight excluding hydrogens is 176 g/mol. The Morgan fingerprint density at radius 2 is 2.46 bits per heavy atom. The molecule has 1 heterocycles. The number of carbonyl (C=O) groups excluding carboxylic acids is 2. The lowest BCUT2D eigenvalue weighted by molar-refractivity contribution is -0.124. The van der Waals surface area contributed by atoms with Gasteiger partial charge in [0.05, 0.1) is 6.54 Å². The predicted octanol–water partition coefficient (Wildman–Crippen LogP) is -0.666. The zero-order valence-electron chi connectivity index (χ0n) is 7.12. The average molecular weight is 188 g/mol. The topological polar surface area (TPSA) is 90.7 Å². The Hall–Kier alpha value is -1.30. The van der Waals surface area contributed by atoms with Crippen LogP contribution in [0.1, 0.15) is 12.8 Å². The first-order chi connectivity index (χ1) is 6.22. The van der Waals surface area contributed by atoms with Gasteiger partial charge in [0.2, 0.25) is 5.91 Å². The van der Waals surface area contributed by atoms with E-state index in [1.54, 1.807) is 0 Å². The fourth-order valence-corrected chi connectivity index (χ4v) is 1.05. The zero-order chi connectivity index (χ0) is 9.68. The minimum atomic E-state index is -0.788. The Morgan fingerprint density at radius 3 is 3.00 bits per heavy atom. The Balaban J connectivity index is 2.22. The summed E-state index contributed by atoms with van der Waals surface area (Å²) in [6.45, 7) is 0.149. The molecule has 1 saturated heterocycles. The van der Waals surface area contributed by atoms with Gasteiger partial charge in [0.15, 0.2) is 0 Å². The van der Waals surface area contributed by atoms with Gasteiger partial charge in [-0.05, 0) is 6.42 Å². The third kappa shape index (κ3) is 3.29. The molecule has 0 aliphatic carbocycles. The first-order valence-corrected chi connectivity index (χ1v) is 4.02. The summed E-state index contributed by atoms with van der Waals surface area (Å²) in [4.78, 5) is 21.5. The van der Waals surface area contributed by atoms with Crippen molar-refractivity contribution >= 4 is 12.1 Å². The molecule has 1 amide bonds. The summed E-state index contributed by atoms with van der Waals surface area (Å²) in [5.41, 5.74) is 4.96. The fourth-order valence-electron chi connectivity index (χ4n) is 1.05. The molecule has 0 aromatic heterocycles. The van der Waals surface area contributed by atoms with E-state index in [1.165, 1.54) is 0 Å². The van der Waals surface area contributed by atoms with Crippen LogP contribution in [0.4, 0.5) is 4.79 Å². The predicted molar refractivity (Wildman–Crippen MR) is 42.7 cm³/mol. The number of ether oxygens (including phenoxy) is 2. The third-order valence-electron chi connectivity index (χ3n) is 1.68. The van der Waals surface area contributed by atoms with Gasteiger partial charge in [0, 0.05) is 6.42 Å². The van der Waals surface area contributed by atoms with Crippen LogP contribution in [0.2, 0.25) is 0 Å². The number of hydrogen-bond acceptors (Lipinski definition) is 5. The molecular formula is C7H12N2O4. The van der Waals surface area contributed by atoms with E-state index in [9.17, 15) is 9.59 Å². The van der Waals surface area contributed by atoms with E-state index >= 15 is 0 Å². The molecule has 1 atom stereocenters. The molecule has 13 heavy (non-hydrogen) atoms.